The van der Waals surface area contributed by atoms with Crippen LogP contribution in [-0.2, 0) is 0 Å². The van der Waals surface area contributed by atoms with Crippen LogP contribution in [-0.4, -0.2) is 49.1 Å². The molecule has 3 atom stereocenters. The van der Waals surface area contributed by atoms with Gasteiger partial charge < -0.3 is 25.0 Å². The van der Waals surface area contributed by atoms with Crippen LogP contribution in [0.3, 0.4) is 0 Å². The number of rotatable bonds is 5. The van der Waals surface area contributed by atoms with Crippen LogP contribution >= 0.6 is 0 Å². The Morgan fingerprint density at radius 3 is 2.33 bits per heavy atom. The Morgan fingerprint density at radius 2 is 1.86 bits per heavy atom. The Morgan fingerprint density at radius 1 is 1.24 bits per heavy atom. The average molecular weight is 295 g/mol. The zero-order valence-corrected chi connectivity index (χ0v) is 12.2. The lowest BCUT2D eigenvalue weighted by atomic mass is 10.1. The van der Waals surface area contributed by atoms with E-state index in [2.05, 4.69) is 5.32 Å². The summed E-state index contributed by atoms with van der Waals surface area (Å²) in [6.45, 7) is -0.0689. The summed E-state index contributed by atoms with van der Waals surface area (Å²) in [4.78, 5) is 12.3. The third kappa shape index (κ3) is 3.65. The van der Waals surface area contributed by atoms with Crippen molar-refractivity contribution in [3.63, 3.8) is 0 Å². The van der Waals surface area contributed by atoms with Crippen LogP contribution in [0.25, 0.3) is 0 Å². The first kappa shape index (κ1) is 15.6. The van der Waals surface area contributed by atoms with Crippen molar-refractivity contribution in [3.05, 3.63) is 23.8 Å². The Labute approximate surface area is 123 Å². The van der Waals surface area contributed by atoms with Crippen molar-refractivity contribution >= 4 is 5.91 Å². The molecule has 0 bridgehead atoms. The predicted molar refractivity (Wildman–Crippen MR) is 76.6 cm³/mol. The predicted octanol–water partition coefficient (Wildman–Crippen LogP) is 0.565. The number of carbonyl (C=O) groups excluding carboxylic acids is 1. The first-order valence-corrected chi connectivity index (χ1v) is 6.90. The molecule has 0 spiro atoms. The summed E-state index contributed by atoms with van der Waals surface area (Å²) in [5, 5.41) is 21.8. The molecular weight excluding hydrogens is 274 g/mol. The monoisotopic (exact) mass is 295 g/mol. The highest BCUT2D eigenvalue weighted by molar-refractivity contribution is 5.95. The van der Waals surface area contributed by atoms with E-state index >= 15 is 0 Å². The molecule has 6 heteroatoms. The van der Waals surface area contributed by atoms with Crippen LogP contribution in [0.5, 0.6) is 11.5 Å². The third-order valence-corrected chi connectivity index (χ3v) is 3.84. The van der Waals surface area contributed by atoms with E-state index in [1.54, 1.807) is 18.2 Å². The second-order valence-corrected chi connectivity index (χ2v) is 5.25. The van der Waals surface area contributed by atoms with Gasteiger partial charge >= 0.3 is 0 Å². The maximum atomic E-state index is 12.3. The third-order valence-electron chi connectivity index (χ3n) is 3.84. The molecule has 1 aliphatic rings. The normalized spacial score (nSPS) is 24.7. The minimum atomic E-state index is -0.569. The molecule has 0 saturated heterocycles. The number of carbonyl (C=O) groups is 1. The minimum absolute atomic E-state index is 0.0689. The van der Waals surface area contributed by atoms with Gasteiger partial charge in [-0.15, -0.1) is 0 Å². The molecule has 1 aromatic carbocycles. The summed E-state index contributed by atoms with van der Waals surface area (Å²) in [6, 6.07) is 4.82. The summed E-state index contributed by atoms with van der Waals surface area (Å²) in [7, 11) is 3.05. The summed E-state index contributed by atoms with van der Waals surface area (Å²) in [5.41, 5.74) is 0.438. The van der Waals surface area contributed by atoms with Gasteiger partial charge in [0.2, 0.25) is 0 Å². The van der Waals surface area contributed by atoms with Gasteiger partial charge in [0.05, 0.1) is 20.3 Å². The Hall–Kier alpha value is -1.79. The average Bonchev–Trinajstić information content (AvgIpc) is 2.86. The minimum Gasteiger partial charge on any atom is -0.497 e. The van der Waals surface area contributed by atoms with Gasteiger partial charge in [0, 0.05) is 30.2 Å². The van der Waals surface area contributed by atoms with E-state index < -0.39 is 6.10 Å². The largest absolute Gasteiger partial charge is 0.497 e. The SMILES string of the molecule is COc1cc(OC)cc(C(=O)N[C@H]2C[C@@H](CO)[C@@H](O)C2)c1. The lowest BCUT2D eigenvalue weighted by Crippen LogP contribution is -2.33. The maximum absolute atomic E-state index is 12.3. The van der Waals surface area contributed by atoms with Gasteiger partial charge in [-0.25, -0.2) is 0 Å². The standard InChI is InChI=1S/C15H21NO5/c1-20-12-4-9(5-13(7-12)21-2)15(19)16-11-3-10(8-17)14(18)6-11/h4-5,7,10-11,14,17-18H,3,6,8H2,1-2H3,(H,16,19)/t10-,11-,14-/m0/s1. The molecule has 3 N–H and O–H groups in total. The first-order chi connectivity index (χ1) is 10.1. The topological polar surface area (TPSA) is 88.0 Å². The van der Waals surface area contributed by atoms with E-state index in [4.69, 9.17) is 14.6 Å². The summed E-state index contributed by atoms with van der Waals surface area (Å²) < 4.78 is 10.3. The van der Waals surface area contributed by atoms with Gasteiger partial charge in [0.25, 0.3) is 5.91 Å². The lowest BCUT2D eigenvalue weighted by Gasteiger charge is -2.14. The summed E-state index contributed by atoms with van der Waals surface area (Å²) >= 11 is 0. The molecule has 6 nitrogen and oxygen atoms in total. The molecule has 1 aromatic rings. The van der Waals surface area contributed by atoms with Crippen molar-refractivity contribution in [2.24, 2.45) is 5.92 Å². The highest BCUT2D eigenvalue weighted by Gasteiger charge is 2.33. The highest BCUT2D eigenvalue weighted by atomic mass is 16.5. The number of amides is 1. The van der Waals surface area contributed by atoms with Crippen molar-refractivity contribution < 1.29 is 24.5 Å². The van der Waals surface area contributed by atoms with E-state index in [1.807, 2.05) is 0 Å². The Bertz CT molecular complexity index is 483. The fourth-order valence-corrected chi connectivity index (χ4v) is 2.62. The lowest BCUT2D eigenvalue weighted by molar-refractivity contribution is 0.0903. The molecule has 0 radical (unpaired) electrons. The molecule has 1 fully saturated rings. The number of hydrogen-bond donors (Lipinski definition) is 3. The first-order valence-electron chi connectivity index (χ1n) is 6.90. The number of aliphatic hydroxyl groups is 2. The molecule has 0 aliphatic heterocycles. The van der Waals surface area contributed by atoms with Gasteiger partial charge in [-0.1, -0.05) is 0 Å². The van der Waals surface area contributed by atoms with Gasteiger partial charge in [-0.05, 0) is 25.0 Å². The molecule has 1 saturated carbocycles. The number of aliphatic hydroxyl groups excluding tert-OH is 2. The molecule has 0 heterocycles. The molecule has 1 amide bonds. The fourth-order valence-electron chi connectivity index (χ4n) is 2.62. The zero-order chi connectivity index (χ0) is 15.4. The van der Waals surface area contributed by atoms with E-state index in [9.17, 15) is 9.90 Å². The molecule has 2 rings (SSSR count). The van der Waals surface area contributed by atoms with E-state index in [0.717, 1.165) is 0 Å². The summed E-state index contributed by atoms with van der Waals surface area (Å²) in [6.07, 6.45) is 0.461. The van der Waals surface area contributed by atoms with Gasteiger partial charge in [-0.3, -0.25) is 4.79 Å². The van der Waals surface area contributed by atoms with Crippen LogP contribution in [0.15, 0.2) is 18.2 Å². The summed E-state index contributed by atoms with van der Waals surface area (Å²) in [5.74, 6) is 0.663. The van der Waals surface area contributed by atoms with Crippen LogP contribution in [0, 0.1) is 5.92 Å². The molecule has 0 unspecified atom stereocenters. The quantitative estimate of drug-likeness (QED) is 0.739. The van der Waals surface area contributed by atoms with Crippen molar-refractivity contribution in [3.8, 4) is 11.5 Å². The van der Waals surface area contributed by atoms with Crippen LogP contribution in [0.2, 0.25) is 0 Å². The van der Waals surface area contributed by atoms with E-state index in [-0.39, 0.29) is 24.5 Å². The molecule has 0 aromatic heterocycles. The van der Waals surface area contributed by atoms with Gasteiger partial charge in [-0.2, -0.15) is 0 Å². The van der Waals surface area contributed by atoms with Crippen LogP contribution in [0.4, 0.5) is 0 Å². The zero-order valence-electron chi connectivity index (χ0n) is 12.2. The maximum Gasteiger partial charge on any atom is 0.251 e. The smallest absolute Gasteiger partial charge is 0.251 e. The molecular formula is C15H21NO5. The number of ether oxygens (including phenoxy) is 2. The van der Waals surface area contributed by atoms with Crippen LogP contribution in [0.1, 0.15) is 23.2 Å². The number of hydrogen-bond acceptors (Lipinski definition) is 5. The van der Waals surface area contributed by atoms with Crippen molar-refractivity contribution in [2.45, 2.75) is 25.0 Å². The second-order valence-electron chi connectivity index (χ2n) is 5.25. The Kier molecular flexibility index (Phi) is 5.03. The molecule has 21 heavy (non-hydrogen) atoms. The van der Waals surface area contributed by atoms with Crippen molar-refractivity contribution in [2.75, 3.05) is 20.8 Å². The van der Waals surface area contributed by atoms with E-state index in [0.29, 0.717) is 29.9 Å². The number of methoxy groups -OCH3 is 2. The number of nitrogens with one attached hydrogen (secondary N) is 1. The fraction of sp³-hybridized carbons (Fsp3) is 0.533. The van der Waals surface area contributed by atoms with Gasteiger partial charge in [0.1, 0.15) is 11.5 Å². The Balaban J connectivity index is 2.07. The second kappa shape index (κ2) is 6.78. The number of benzene rings is 1. The van der Waals surface area contributed by atoms with Crippen molar-refractivity contribution in [1.29, 1.82) is 0 Å². The highest BCUT2D eigenvalue weighted by Crippen LogP contribution is 2.27. The van der Waals surface area contributed by atoms with Crippen molar-refractivity contribution in [1.82, 2.24) is 5.32 Å². The van der Waals surface area contributed by atoms with Crippen LogP contribution < -0.4 is 14.8 Å². The van der Waals surface area contributed by atoms with E-state index in [1.165, 1.54) is 14.2 Å². The molecule has 1 aliphatic carbocycles. The molecule has 116 valence electrons. The van der Waals surface area contributed by atoms with Gasteiger partial charge in [0.15, 0.2) is 0 Å².